The lowest BCUT2D eigenvalue weighted by atomic mass is 10.0. The molecule has 0 aliphatic rings. The van der Waals surface area contributed by atoms with Gasteiger partial charge in [-0.2, -0.15) is 0 Å². The highest BCUT2D eigenvalue weighted by atomic mass is 79.9. The third kappa shape index (κ3) is 6.84. The van der Waals surface area contributed by atoms with Crippen LogP contribution in [0.15, 0.2) is 22.7 Å². The fourth-order valence-electron chi connectivity index (χ4n) is 2.34. The molecular formula is C18H30BrNO. The van der Waals surface area contributed by atoms with Gasteiger partial charge in [0.15, 0.2) is 0 Å². The van der Waals surface area contributed by atoms with Crippen molar-refractivity contribution in [3.05, 3.63) is 28.2 Å². The Morgan fingerprint density at radius 1 is 1.19 bits per heavy atom. The summed E-state index contributed by atoms with van der Waals surface area (Å²) < 4.78 is 7.03. The zero-order chi connectivity index (χ0) is 15.7. The summed E-state index contributed by atoms with van der Waals surface area (Å²) in [6, 6.07) is 6.57. The number of hydrogen-bond donors (Lipinski definition) is 1. The Balaban J connectivity index is 2.55. The van der Waals surface area contributed by atoms with Crippen LogP contribution in [0.3, 0.4) is 0 Å². The van der Waals surface area contributed by atoms with Crippen LogP contribution in [0.25, 0.3) is 0 Å². The van der Waals surface area contributed by atoms with Gasteiger partial charge in [0.2, 0.25) is 0 Å². The maximum atomic E-state index is 6.01. The van der Waals surface area contributed by atoms with E-state index in [1.807, 2.05) is 0 Å². The van der Waals surface area contributed by atoms with E-state index >= 15 is 0 Å². The van der Waals surface area contributed by atoms with Gasteiger partial charge in [0.1, 0.15) is 5.75 Å². The average molecular weight is 356 g/mol. The molecule has 21 heavy (non-hydrogen) atoms. The predicted molar refractivity (Wildman–Crippen MR) is 94.9 cm³/mol. The summed E-state index contributed by atoms with van der Waals surface area (Å²) in [6.45, 7) is 7.42. The first-order chi connectivity index (χ1) is 10.1. The molecule has 2 unspecified atom stereocenters. The van der Waals surface area contributed by atoms with Gasteiger partial charge in [-0.15, -0.1) is 0 Å². The van der Waals surface area contributed by atoms with Crippen molar-refractivity contribution in [2.24, 2.45) is 11.7 Å². The Labute approximate surface area is 138 Å². The fraction of sp³-hybridized carbons (Fsp3) is 0.667. The maximum absolute atomic E-state index is 6.01. The molecule has 0 spiro atoms. The Morgan fingerprint density at radius 2 is 1.95 bits per heavy atom. The number of ether oxygens (including phenoxy) is 1. The molecule has 0 bridgehead atoms. The molecule has 0 fully saturated rings. The maximum Gasteiger partial charge on any atom is 0.133 e. The Kier molecular flexibility index (Phi) is 9.02. The average Bonchev–Trinajstić information content (AvgIpc) is 2.49. The van der Waals surface area contributed by atoms with Crippen molar-refractivity contribution in [2.45, 2.75) is 65.3 Å². The minimum absolute atomic E-state index is 0.238. The fourth-order valence-corrected chi connectivity index (χ4v) is 2.88. The number of rotatable bonds is 10. The van der Waals surface area contributed by atoms with E-state index in [0.717, 1.165) is 29.7 Å². The number of nitrogens with two attached hydrogens (primary N) is 1. The highest BCUT2D eigenvalue weighted by Gasteiger charge is 2.10. The van der Waals surface area contributed by atoms with Gasteiger partial charge in [0, 0.05) is 6.04 Å². The minimum Gasteiger partial charge on any atom is -0.492 e. The number of benzene rings is 1. The van der Waals surface area contributed by atoms with Crippen molar-refractivity contribution < 1.29 is 4.74 Å². The second-order valence-electron chi connectivity index (χ2n) is 5.86. The normalized spacial score (nSPS) is 14.0. The van der Waals surface area contributed by atoms with Crippen LogP contribution in [-0.4, -0.2) is 12.6 Å². The molecule has 1 aromatic rings. The highest BCUT2D eigenvalue weighted by Crippen LogP contribution is 2.27. The molecule has 2 N–H and O–H groups in total. The predicted octanol–water partition coefficient (Wildman–Crippen LogP) is 5.32. The number of hydrogen-bond acceptors (Lipinski definition) is 2. The van der Waals surface area contributed by atoms with Crippen LogP contribution < -0.4 is 10.5 Å². The molecule has 0 amide bonds. The van der Waals surface area contributed by atoms with Gasteiger partial charge in [-0.25, -0.2) is 0 Å². The molecule has 0 saturated carbocycles. The molecule has 2 nitrogen and oxygen atoms in total. The van der Waals surface area contributed by atoms with E-state index < -0.39 is 0 Å². The van der Waals surface area contributed by atoms with Crippen molar-refractivity contribution in [2.75, 3.05) is 6.61 Å². The van der Waals surface area contributed by atoms with Crippen LogP contribution in [0.4, 0.5) is 0 Å². The van der Waals surface area contributed by atoms with Crippen LogP contribution in [0.5, 0.6) is 5.75 Å². The smallest absolute Gasteiger partial charge is 0.133 e. The summed E-state index contributed by atoms with van der Waals surface area (Å²) in [6.07, 6.45) is 6.91. The van der Waals surface area contributed by atoms with Crippen molar-refractivity contribution in [1.29, 1.82) is 0 Å². The van der Waals surface area contributed by atoms with Crippen LogP contribution in [0, 0.1) is 5.92 Å². The van der Waals surface area contributed by atoms with E-state index in [0.29, 0.717) is 5.92 Å². The van der Waals surface area contributed by atoms with Crippen LogP contribution in [0.2, 0.25) is 0 Å². The van der Waals surface area contributed by atoms with Gasteiger partial charge < -0.3 is 10.5 Å². The Morgan fingerprint density at radius 3 is 2.52 bits per heavy atom. The molecule has 0 aliphatic carbocycles. The largest absolute Gasteiger partial charge is 0.492 e. The molecule has 0 radical (unpaired) electrons. The topological polar surface area (TPSA) is 35.2 Å². The summed E-state index contributed by atoms with van der Waals surface area (Å²) >= 11 is 3.62. The van der Waals surface area contributed by atoms with Crippen molar-refractivity contribution >= 4 is 15.9 Å². The molecule has 1 aromatic carbocycles. The van der Waals surface area contributed by atoms with Gasteiger partial charge >= 0.3 is 0 Å². The molecule has 0 aliphatic heterocycles. The summed E-state index contributed by atoms with van der Waals surface area (Å²) in [5, 5.41) is 0. The Hall–Kier alpha value is -0.540. The van der Waals surface area contributed by atoms with Crippen molar-refractivity contribution in [3.8, 4) is 5.75 Å². The molecule has 0 heterocycles. The van der Waals surface area contributed by atoms with Crippen LogP contribution in [0.1, 0.15) is 58.4 Å². The summed E-state index contributed by atoms with van der Waals surface area (Å²) in [7, 11) is 0. The second kappa shape index (κ2) is 10.2. The molecule has 1 rings (SSSR count). The lowest BCUT2D eigenvalue weighted by molar-refractivity contribution is 0.232. The lowest BCUT2D eigenvalue weighted by Crippen LogP contribution is -2.21. The van der Waals surface area contributed by atoms with Gasteiger partial charge in [-0.05, 0) is 58.8 Å². The molecule has 2 atom stereocenters. The summed E-state index contributed by atoms with van der Waals surface area (Å²) in [5.74, 6) is 1.60. The monoisotopic (exact) mass is 355 g/mol. The zero-order valence-electron chi connectivity index (χ0n) is 13.7. The lowest BCUT2D eigenvalue weighted by Gasteiger charge is -2.17. The quantitative estimate of drug-likeness (QED) is 0.615. The van der Waals surface area contributed by atoms with Crippen LogP contribution in [-0.2, 0) is 6.42 Å². The standard InChI is InChI=1S/C18H30BrNO/c1-4-7-8-14(5-2)13-21-18-10-9-15(12-17(18)19)11-16(20)6-3/h9-10,12,14,16H,4-8,11,13,20H2,1-3H3. The first kappa shape index (κ1) is 18.5. The van der Waals surface area contributed by atoms with Gasteiger partial charge in [0.05, 0.1) is 11.1 Å². The van der Waals surface area contributed by atoms with Crippen molar-refractivity contribution in [1.82, 2.24) is 0 Å². The van der Waals surface area contributed by atoms with Gasteiger partial charge in [-0.1, -0.05) is 46.1 Å². The van der Waals surface area contributed by atoms with Crippen molar-refractivity contribution in [3.63, 3.8) is 0 Å². The third-order valence-corrected chi connectivity index (χ3v) is 4.66. The van der Waals surface area contributed by atoms with E-state index in [9.17, 15) is 0 Å². The van der Waals surface area contributed by atoms with Gasteiger partial charge in [-0.3, -0.25) is 0 Å². The van der Waals surface area contributed by atoms with E-state index in [-0.39, 0.29) is 6.04 Å². The number of halogens is 1. The molecule has 0 aromatic heterocycles. The van der Waals surface area contributed by atoms with Gasteiger partial charge in [0.25, 0.3) is 0 Å². The SMILES string of the molecule is CCCCC(CC)COc1ccc(CC(N)CC)cc1Br. The third-order valence-electron chi connectivity index (χ3n) is 4.04. The van der Waals surface area contributed by atoms with Crippen LogP contribution >= 0.6 is 15.9 Å². The number of unbranched alkanes of at least 4 members (excludes halogenated alkanes) is 1. The second-order valence-corrected chi connectivity index (χ2v) is 6.72. The van der Waals surface area contributed by atoms with E-state index in [1.54, 1.807) is 0 Å². The highest BCUT2D eigenvalue weighted by molar-refractivity contribution is 9.10. The summed E-state index contributed by atoms with van der Waals surface area (Å²) in [4.78, 5) is 0. The minimum atomic E-state index is 0.238. The van der Waals surface area contributed by atoms with E-state index in [1.165, 1.54) is 31.2 Å². The van der Waals surface area contributed by atoms with E-state index in [4.69, 9.17) is 10.5 Å². The zero-order valence-corrected chi connectivity index (χ0v) is 15.3. The molecule has 120 valence electrons. The molecule has 3 heteroatoms. The first-order valence-electron chi connectivity index (χ1n) is 8.27. The first-order valence-corrected chi connectivity index (χ1v) is 9.06. The molecule has 0 saturated heterocycles. The molecular weight excluding hydrogens is 326 g/mol. The Bertz CT molecular complexity index is 408. The van der Waals surface area contributed by atoms with E-state index in [2.05, 4.69) is 54.9 Å². The summed E-state index contributed by atoms with van der Waals surface area (Å²) in [5.41, 5.74) is 7.27.